The molecule has 202 valence electrons. The van der Waals surface area contributed by atoms with Crippen LogP contribution in [-0.4, -0.2) is 11.7 Å². The summed E-state index contributed by atoms with van der Waals surface area (Å²) in [7, 11) is 0. The van der Waals surface area contributed by atoms with Gasteiger partial charge in [0.1, 0.15) is 12.7 Å². The molecule has 0 bridgehead atoms. The lowest BCUT2D eigenvalue weighted by Gasteiger charge is -2.30. The summed E-state index contributed by atoms with van der Waals surface area (Å²) in [5.74, 6) is -7.58. The highest BCUT2D eigenvalue weighted by Crippen LogP contribution is 2.43. The maximum atomic E-state index is 15.0. The number of hydrogen-bond donors (Lipinski definition) is 1. The second kappa shape index (κ2) is 10.6. The quantitative estimate of drug-likeness (QED) is 0.249. The zero-order valence-electron chi connectivity index (χ0n) is 20.5. The summed E-state index contributed by atoms with van der Waals surface area (Å²) in [5, 5.41) is 9.59. The van der Waals surface area contributed by atoms with E-state index in [0.717, 1.165) is 0 Å². The van der Waals surface area contributed by atoms with Gasteiger partial charge in [-0.15, -0.1) is 0 Å². The Hall–Kier alpha value is -3.04. The summed E-state index contributed by atoms with van der Waals surface area (Å²) < 4.78 is 97.6. The molecule has 3 aromatic carbocycles. The van der Waals surface area contributed by atoms with Crippen molar-refractivity contribution in [1.82, 2.24) is 0 Å². The van der Waals surface area contributed by atoms with Gasteiger partial charge in [-0.05, 0) is 61.6 Å². The normalized spacial score (nSPS) is 21.8. The zero-order valence-corrected chi connectivity index (χ0v) is 20.5. The van der Waals surface area contributed by atoms with Crippen molar-refractivity contribution in [3.05, 3.63) is 99.1 Å². The minimum atomic E-state index is -1.23. The van der Waals surface area contributed by atoms with E-state index in [4.69, 9.17) is 9.47 Å². The van der Waals surface area contributed by atoms with Crippen LogP contribution in [0.5, 0.6) is 5.75 Å². The molecule has 0 spiro atoms. The molecular formula is C29H26F6O3. The highest BCUT2D eigenvalue weighted by molar-refractivity contribution is 5.35. The van der Waals surface area contributed by atoms with E-state index >= 15 is 0 Å². The number of halogens is 6. The molecule has 2 aliphatic rings. The van der Waals surface area contributed by atoms with Crippen LogP contribution in [0.25, 0.3) is 0 Å². The van der Waals surface area contributed by atoms with Crippen molar-refractivity contribution in [2.45, 2.75) is 63.3 Å². The number of ether oxygens (including phenoxy) is 2. The fourth-order valence-electron chi connectivity index (χ4n) is 5.25. The maximum Gasteiger partial charge on any atom is 0.200 e. The molecule has 1 heterocycles. The van der Waals surface area contributed by atoms with E-state index in [2.05, 4.69) is 0 Å². The third-order valence-corrected chi connectivity index (χ3v) is 7.53. The molecule has 5 rings (SSSR count). The van der Waals surface area contributed by atoms with Gasteiger partial charge in [0.05, 0.1) is 12.7 Å². The SMILES string of the molecule is CC(O)c1ccc(C2CCC(c3ccc(OCc4ccc(C5CO5)c(F)c4F)c(F)c3F)CC2)c(F)c1F. The van der Waals surface area contributed by atoms with Gasteiger partial charge in [0, 0.05) is 16.7 Å². The van der Waals surface area contributed by atoms with E-state index in [1.54, 1.807) is 0 Å². The van der Waals surface area contributed by atoms with Crippen LogP contribution >= 0.6 is 0 Å². The van der Waals surface area contributed by atoms with Crippen LogP contribution in [0.2, 0.25) is 0 Å². The standard InChI is InChI=1S/C29H26F6O3/c1-14(36)18-8-9-19(26(32)25(18)31)15-2-4-16(5-3-15)20-10-11-22(29(35)27(20)33)37-12-17-6-7-21(23-13-38-23)28(34)24(17)30/h6-11,14-16,23,36H,2-5,12-13H2,1H3. The third kappa shape index (κ3) is 5.01. The van der Waals surface area contributed by atoms with Crippen molar-refractivity contribution < 1.29 is 40.9 Å². The molecule has 1 aliphatic heterocycles. The first-order valence-corrected chi connectivity index (χ1v) is 12.5. The fraction of sp³-hybridized carbons (Fsp3) is 0.379. The number of benzene rings is 3. The lowest BCUT2D eigenvalue weighted by Crippen LogP contribution is -2.16. The molecule has 3 aromatic rings. The molecule has 2 unspecified atom stereocenters. The molecule has 1 saturated heterocycles. The Morgan fingerprint density at radius 2 is 1.26 bits per heavy atom. The Morgan fingerprint density at radius 1 is 0.737 bits per heavy atom. The minimum absolute atomic E-state index is 0.104. The number of epoxide rings is 1. The molecule has 2 atom stereocenters. The molecule has 0 radical (unpaired) electrons. The largest absolute Gasteiger partial charge is 0.486 e. The highest BCUT2D eigenvalue weighted by Gasteiger charge is 2.31. The van der Waals surface area contributed by atoms with E-state index in [-0.39, 0.29) is 39.7 Å². The zero-order chi connectivity index (χ0) is 27.1. The van der Waals surface area contributed by atoms with Gasteiger partial charge >= 0.3 is 0 Å². The molecule has 1 aliphatic carbocycles. The van der Waals surface area contributed by atoms with Gasteiger partial charge in [-0.3, -0.25) is 0 Å². The molecule has 38 heavy (non-hydrogen) atoms. The highest BCUT2D eigenvalue weighted by atomic mass is 19.2. The Bertz CT molecular complexity index is 1350. The lowest BCUT2D eigenvalue weighted by molar-refractivity contribution is 0.192. The van der Waals surface area contributed by atoms with Crippen molar-refractivity contribution >= 4 is 0 Å². The Labute approximate surface area is 216 Å². The second-order valence-electron chi connectivity index (χ2n) is 9.93. The van der Waals surface area contributed by atoms with Crippen molar-refractivity contribution in [3.63, 3.8) is 0 Å². The third-order valence-electron chi connectivity index (χ3n) is 7.53. The fourth-order valence-corrected chi connectivity index (χ4v) is 5.25. The molecule has 0 aromatic heterocycles. The van der Waals surface area contributed by atoms with Gasteiger partial charge in [-0.2, -0.15) is 4.39 Å². The summed E-state index contributed by atoms with van der Waals surface area (Å²) in [6.07, 6.45) is 0.151. The average molecular weight is 537 g/mol. The van der Waals surface area contributed by atoms with Crippen LogP contribution in [-0.2, 0) is 11.3 Å². The number of rotatable bonds is 7. The average Bonchev–Trinajstić information content (AvgIpc) is 3.74. The molecular weight excluding hydrogens is 510 g/mol. The molecule has 2 fully saturated rings. The van der Waals surface area contributed by atoms with Gasteiger partial charge in [0.2, 0.25) is 5.82 Å². The Kier molecular flexibility index (Phi) is 7.42. The van der Waals surface area contributed by atoms with Crippen LogP contribution in [0, 0.1) is 34.9 Å². The van der Waals surface area contributed by atoms with Crippen LogP contribution in [0.15, 0.2) is 36.4 Å². The first-order chi connectivity index (χ1) is 18.2. The van der Waals surface area contributed by atoms with Gasteiger partial charge in [0.25, 0.3) is 0 Å². The van der Waals surface area contributed by atoms with Gasteiger partial charge < -0.3 is 14.6 Å². The number of hydrogen-bond acceptors (Lipinski definition) is 3. The van der Waals surface area contributed by atoms with Crippen molar-refractivity contribution in [2.75, 3.05) is 6.61 Å². The van der Waals surface area contributed by atoms with Crippen molar-refractivity contribution in [1.29, 1.82) is 0 Å². The first-order valence-electron chi connectivity index (χ1n) is 12.5. The topological polar surface area (TPSA) is 42.0 Å². The predicted molar refractivity (Wildman–Crippen MR) is 127 cm³/mol. The first kappa shape index (κ1) is 26.6. The summed E-state index contributed by atoms with van der Waals surface area (Å²) in [6, 6.07) is 8.20. The summed E-state index contributed by atoms with van der Waals surface area (Å²) in [4.78, 5) is 0. The summed E-state index contributed by atoms with van der Waals surface area (Å²) in [5.41, 5.74) is 0.210. The van der Waals surface area contributed by atoms with Crippen molar-refractivity contribution in [3.8, 4) is 5.75 Å². The van der Waals surface area contributed by atoms with Gasteiger partial charge in [0.15, 0.2) is 34.8 Å². The van der Waals surface area contributed by atoms with E-state index in [1.165, 1.54) is 43.3 Å². The van der Waals surface area contributed by atoms with E-state index in [1.807, 2.05) is 0 Å². The lowest BCUT2D eigenvalue weighted by atomic mass is 9.75. The summed E-state index contributed by atoms with van der Waals surface area (Å²) >= 11 is 0. The molecule has 1 saturated carbocycles. The minimum Gasteiger partial charge on any atom is -0.486 e. The van der Waals surface area contributed by atoms with E-state index in [0.29, 0.717) is 32.3 Å². The number of aliphatic hydroxyl groups excluding tert-OH is 1. The van der Waals surface area contributed by atoms with Gasteiger partial charge in [-0.1, -0.05) is 30.3 Å². The van der Waals surface area contributed by atoms with Crippen LogP contribution in [0.1, 0.15) is 84.5 Å². The Balaban J connectivity index is 1.25. The van der Waals surface area contributed by atoms with Crippen molar-refractivity contribution in [2.24, 2.45) is 0 Å². The second-order valence-corrected chi connectivity index (χ2v) is 9.93. The summed E-state index contributed by atoms with van der Waals surface area (Å²) in [6.45, 7) is 1.18. The van der Waals surface area contributed by atoms with Crippen LogP contribution in [0.3, 0.4) is 0 Å². The molecule has 0 amide bonds. The molecule has 1 N–H and O–H groups in total. The number of aliphatic hydroxyl groups is 1. The smallest absolute Gasteiger partial charge is 0.200 e. The molecule has 3 nitrogen and oxygen atoms in total. The van der Waals surface area contributed by atoms with Gasteiger partial charge in [-0.25, -0.2) is 22.0 Å². The van der Waals surface area contributed by atoms with E-state index < -0.39 is 59.5 Å². The van der Waals surface area contributed by atoms with E-state index in [9.17, 15) is 31.4 Å². The maximum absolute atomic E-state index is 15.0. The Morgan fingerprint density at radius 3 is 1.84 bits per heavy atom. The van der Waals surface area contributed by atoms with Crippen LogP contribution < -0.4 is 4.74 Å². The molecule has 9 heteroatoms. The predicted octanol–water partition coefficient (Wildman–Crippen LogP) is 7.67. The van der Waals surface area contributed by atoms with Crippen LogP contribution in [0.4, 0.5) is 26.3 Å². The monoisotopic (exact) mass is 536 g/mol.